The average Bonchev–Trinajstić information content (AvgIpc) is 2.65. The molecule has 1 aliphatic rings. The van der Waals surface area contributed by atoms with E-state index in [1.807, 2.05) is 0 Å². The van der Waals surface area contributed by atoms with Gasteiger partial charge in [-0.3, -0.25) is 4.99 Å². The molecule has 0 saturated heterocycles. The number of amidine groups is 1. The number of nitrogens with zero attached hydrogens (tertiary/aromatic N) is 2. The summed E-state index contributed by atoms with van der Waals surface area (Å²) in [6.07, 6.45) is 1.63. The van der Waals surface area contributed by atoms with Gasteiger partial charge in [-0.2, -0.15) is 4.37 Å². The first-order chi connectivity index (χ1) is 5.86. The molecular weight excluding hydrogens is 214 g/mol. The van der Waals surface area contributed by atoms with Crippen molar-refractivity contribution >= 4 is 45.1 Å². The maximum atomic E-state index is 5.84. The van der Waals surface area contributed by atoms with E-state index in [1.54, 1.807) is 18.0 Å². The van der Waals surface area contributed by atoms with Crippen LogP contribution in [0.5, 0.6) is 0 Å². The van der Waals surface area contributed by atoms with Gasteiger partial charge >= 0.3 is 0 Å². The fraction of sp³-hybridized carbons (Fsp3) is 0.333. The molecule has 0 unspecified atom stereocenters. The number of nitrogens with one attached hydrogen (secondary N) is 1. The van der Waals surface area contributed by atoms with Crippen LogP contribution in [0.4, 0.5) is 5.00 Å². The summed E-state index contributed by atoms with van der Waals surface area (Å²) >= 11 is 8.90. The second-order valence-corrected chi connectivity index (χ2v) is 4.46. The minimum absolute atomic E-state index is 0.662. The second-order valence-electron chi connectivity index (χ2n) is 2.16. The summed E-state index contributed by atoms with van der Waals surface area (Å²) < 4.78 is 3.95. The topological polar surface area (TPSA) is 37.3 Å². The zero-order valence-electron chi connectivity index (χ0n) is 6.08. The molecule has 1 aromatic rings. The third-order valence-electron chi connectivity index (χ3n) is 1.33. The van der Waals surface area contributed by atoms with Crippen molar-refractivity contribution in [1.82, 2.24) is 4.37 Å². The largest absolute Gasteiger partial charge is 0.324 e. The highest BCUT2D eigenvalue weighted by Gasteiger charge is 2.10. The smallest absolute Gasteiger partial charge is 0.161 e. The predicted molar refractivity (Wildman–Crippen MR) is 55.5 cm³/mol. The highest BCUT2D eigenvalue weighted by atomic mass is 35.5. The van der Waals surface area contributed by atoms with E-state index in [2.05, 4.69) is 14.7 Å². The maximum Gasteiger partial charge on any atom is 0.161 e. The summed E-state index contributed by atoms with van der Waals surface area (Å²) in [6, 6.07) is 0. The van der Waals surface area contributed by atoms with Gasteiger partial charge in [-0.1, -0.05) is 23.4 Å². The molecule has 0 bridgehead atoms. The van der Waals surface area contributed by atoms with E-state index in [0.717, 1.165) is 22.5 Å². The van der Waals surface area contributed by atoms with Gasteiger partial charge in [-0.15, -0.1) is 0 Å². The number of thioether (sulfide) groups is 1. The van der Waals surface area contributed by atoms with Gasteiger partial charge in [0, 0.05) is 5.75 Å². The quantitative estimate of drug-likeness (QED) is 0.788. The van der Waals surface area contributed by atoms with E-state index in [-0.39, 0.29) is 0 Å². The van der Waals surface area contributed by atoms with E-state index in [9.17, 15) is 0 Å². The Balaban J connectivity index is 2.08. The van der Waals surface area contributed by atoms with Crippen molar-refractivity contribution in [3.05, 3.63) is 11.2 Å². The first kappa shape index (κ1) is 8.34. The van der Waals surface area contributed by atoms with Crippen LogP contribution < -0.4 is 5.32 Å². The molecule has 0 saturated carbocycles. The molecule has 64 valence electrons. The molecule has 0 aliphatic carbocycles. The zero-order valence-corrected chi connectivity index (χ0v) is 8.47. The number of hydrogen-bond acceptors (Lipinski definition) is 5. The third-order valence-corrected chi connectivity index (χ3v) is 3.34. The lowest BCUT2D eigenvalue weighted by Gasteiger charge is -1.99. The average molecular weight is 220 g/mol. The Morgan fingerprint density at radius 2 is 2.50 bits per heavy atom. The fourth-order valence-corrected chi connectivity index (χ4v) is 2.42. The molecular formula is C6H6ClN3S2. The fourth-order valence-electron chi connectivity index (χ4n) is 0.818. The van der Waals surface area contributed by atoms with Crippen molar-refractivity contribution in [3.8, 4) is 0 Å². The summed E-state index contributed by atoms with van der Waals surface area (Å²) in [5, 5.41) is 5.61. The van der Waals surface area contributed by atoms with Crippen LogP contribution in [0.1, 0.15) is 0 Å². The minimum atomic E-state index is 0.662. The summed E-state index contributed by atoms with van der Waals surface area (Å²) in [6.45, 7) is 0.892. The summed E-state index contributed by atoms with van der Waals surface area (Å²) in [7, 11) is 0. The van der Waals surface area contributed by atoms with Crippen molar-refractivity contribution in [2.75, 3.05) is 17.6 Å². The number of aliphatic imine (C=N–C) groups is 1. The maximum absolute atomic E-state index is 5.84. The number of halogens is 1. The zero-order chi connectivity index (χ0) is 8.39. The lowest BCUT2D eigenvalue weighted by atomic mass is 10.7. The molecule has 12 heavy (non-hydrogen) atoms. The van der Waals surface area contributed by atoms with Crippen LogP contribution in [0.3, 0.4) is 0 Å². The molecule has 6 heteroatoms. The molecule has 2 rings (SSSR count). The van der Waals surface area contributed by atoms with E-state index in [0.29, 0.717) is 5.02 Å². The first-order valence-corrected chi connectivity index (χ1v) is 5.54. The number of aromatic nitrogens is 1. The molecule has 1 aliphatic heterocycles. The normalized spacial score (nSPS) is 16.2. The Morgan fingerprint density at radius 3 is 3.08 bits per heavy atom. The Bertz CT molecular complexity index is 309. The van der Waals surface area contributed by atoms with Crippen molar-refractivity contribution < 1.29 is 0 Å². The first-order valence-electron chi connectivity index (χ1n) is 3.41. The highest BCUT2D eigenvalue weighted by Crippen LogP contribution is 2.27. The minimum Gasteiger partial charge on any atom is -0.324 e. The Kier molecular flexibility index (Phi) is 2.53. The van der Waals surface area contributed by atoms with Gasteiger partial charge < -0.3 is 5.32 Å². The molecule has 1 N–H and O–H groups in total. The third kappa shape index (κ3) is 1.73. The highest BCUT2D eigenvalue weighted by molar-refractivity contribution is 8.14. The van der Waals surface area contributed by atoms with Gasteiger partial charge in [-0.25, -0.2) is 0 Å². The molecule has 0 atom stereocenters. The number of rotatable bonds is 1. The van der Waals surface area contributed by atoms with Crippen LogP contribution in [0, 0.1) is 0 Å². The van der Waals surface area contributed by atoms with Gasteiger partial charge in [0.05, 0.1) is 17.8 Å². The number of hydrogen-bond donors (Lipinski definition) is 1. The van der Waals surface area contributed by atoms with E-state index in [1.165, 1.54) is 11.5 Å². The monoisotopic (exact) mass is 219 g/mol. The van der Waals surface area contributed by atoms with E-state index >= 15 is 0 Å². The lowest BCUT2D eigenvalue weighted by molar-refractivity contribution is 1.17. The Labute approximate surface area is 83.4 Å². The van der Waals surface area contributed by atoms with Crippen molar-refractivity contribution in [1.29, 1.82) is 0 Å². The van der Waals surface area contributed by atoms with E-state index < -0.39 is 0 Å². The van der Waals surface area contributed by atoms with Gasteiger partial charge in [-0.05, 0) is 11.5 Å². The SMILES string of the molecule is Clc1cnsc1NC1=NCCS1. The molecule has 0 fully saturated rings. The van der Waals surface area contributed by atoms with Crippen LogP contribution in [-0.2, 0) is 0 Å². The lowest BCUT2D eigenvalue weighted by Crippen LogP contribution is -2.03. The van der Waals surface area contributed by atoms with Crippen LogP contribution in [0.2, 0.25) is 5.02 Å². The Hall–Kier alpha value is -0.260. The van der Waals surface area contributed by atoms with Crippen molar-refractivity contribution in [2.24, 2.45) is 4.99 Å². The Morgan fingerprint density at radius 1 is 1.58 bits per heavy atom. The molecule has 0 spiro atoms. The van der Waals surface area contributed by atoms with Gasteiger partial charge in [0.15, 0.2) is 5.17 Å². The molecule has 0 radical (unpaired) electrons. The molecule has 3 nitrogen and oxygen atoms in total. The van der Waals surface area contributed by atoms with Crippen LogP contribution in [0.25, 0.3) is 0 Å². The molecule has 2 heterocycles. The van der Waals surface area contributed by atoms with Gasteiger partial charge in [0.1, 0.15) is 5.00 Å². The van der Waals surface area contributed by atoms with Crippen LogP contribution in [0.15, 0.2) is 11.2 Å². The van der Waals surface area contributed by atoms with Gasteiger partial charge in [0.2, 0.25) is 0 Å². The molecule has 0 amide bonds. The van der Waals surface area contributed by atoms with Crippen molar-refractivity contribution in [2.45, 2.75) is 0 Å². The number of anilines is 1. The van der Waals surface area contributed by atoms with Crippen molar-refractivity contribution in [3.63, 3.8) is 0 Å². The van der Waals surface area contributed by atoms with Crippen LogP contribution in [-0.4, -0.2) is 21.8 Å². The summed E-state index contributed by atoms with van der Waals surface area (Å²) in [5.74, 6) is 1.05. The predicted octanol–water partition coefficient (Wildman–Crippen LogP) is 2.31. The summed E-state index contributed by atoms with van der Waals surface area (Å²) in [5.41, 5.74) is 0. The second kappa shape index (κ2) is 3.64. The van der Waals surface area contributed by atoms with Crippen LogP contribution >= 0.6 is 34.9 Å². The summed E-state index contributed by atoms with van der Waals surface area (Å²) in [4.78, 5) is 4.24. The van der Waals surface area contributed by atoms with Gasteiger partial charge in [0.25, 0.3) is 0 Å². The molecule has 0 aromatic carbocycles. The van der Waals surface area contributed by atoms with E-state index in [4.69, 9.17) is 11.6 Å². The molecule has 1 aromatic heterocycles. The standard InChI is InChI=1S/C6H6ClN3S2/c7-4-3-9-12-5(4)10-6-8-1-2-11-6/h3H,1-2H2,(H,8,10).